The van der Waals surface area contributed by atoms with Crippen molar-refractivity contribution in [2.75, 3.05) is 34.9 Å². The Morgan fingerprint density at radius 2 is 1.60 bits per heavy atom. The number of amides is 4. The molecule has 2 rings (SSSR count). The van der Waals surface area contributed by atoms with Crippen molar-refractivity contribution in [1.29, 1.82) is 0 Å². The Labute approximate surface area is 317 Å². The number of likely N-dealkylation sites (N-methyl/N-ethyl adjacent to an activating group) is 1. The molecule has 0 bridgehead atoms. The number of carbonyl (C=O) groups excluding carboxylic acids is 5. The molecule has 300 valence electrons. The summed E-state index contributed by atoms with van der Waals surface area (Å²) < 4.78 is 16.9. The third-order valence-electron chi connectivity index (χ3n) is 11.3. The summed E-state index contributed by atoms with van der Waals surface area (Å²) in [6.07, 6.45) is 1.01. The van der Waals surface area contributed by atoms with E-state index < -0.39 is 59.7 Å². The van der Waals surface area contributed by atoms with E-state index in [1.54, 1.807) is 30.7 Å². The number of nitrogens with one attached hydrogen (secondary N) is 2. The number of nitrogens with zero attached hydrogens (tertiary/aromatic N) is 2. The van der Waals surface area contributed by atoms with Gasteiger partial charge in [0.05, 0.1) is 49.3 Å². The second-order valence-corrected chi connectivity index (χ2v) is 15.5. The Kier molecular flexibility index (Phi) is 17.9. The number of likely N-dealkylation sites (tertiary alicyclic amines) is 1. The summed E-state index contributed by atoms with van der Waals surface area (Å²) in [6, 6.07) is 6.75. The molecule has 1 fully saturated rings. The first kappa shape index (κ1) is 45.6. The summed E-state index contributed by atoms with van der Waals surface area (Å²) in [5, 5.41) is 5.76. The van der Waals surface area contributed by atoms with E-state index in [0.717, 1.165) is 12.0 Å². The largest absolute Gasteiger partial charge is 0.467 e. The molecule has 1 aliphatic rings. The van der Waals surface area contributed by atoms with Crippen molar-refractivity contribution in [1.82, 2.24) is 20.4 Å². The summed E-state index contributed by atoms with van der Waals surface area (Å²) in [5.74, 6) is -2.94. The molecule has 1 aromatic rings. The molecule has 0 aliphatic carbocycles. The van der Waals surface area contributed by atoms with Gasteiger partial charge in [-0.15, -0.1) is 0 Å². The average molecular weight is 746 g/mol. The fourth-order valence-corrected chi connectivity index (χ4v) is 7.09. The van der Waals surface area contributed by atoms with E-state index in [4.69, 9.17) is 19.9 Å². The molecule has 4 amide bonds. The Morgan fingerprint density at radius 3 is 2.11 bits per heavy atom. The summed E-state index contributed by atoms with van der Waals surface area (Å²) in [4.78, 5) is 71.2. The van der Waals surface area contributed by atoms with Gasteiger partial charge in [-0.05, 0) is 43.1 Å². The number of esters is 1. The SMILES string of the molecule is CC[C@H](C)C([C@@H](CC(=O)N1CCC[C@H]1[C@H](OC)C(C)C(=O)N[C@@H](Cc1ccccc1)C(=O)OC)OC)N(C)C(=O)[C@@H](NC(=O)[C@@](C)(N)C(C)C)C(C)C. The van der Waals surface area contributed by atoms with Gasteiger partial charge in [0.15, 0.2) is 0 Å². The number of methoxy groups -OCH3 is 3. The van der Waals surface area contributed by atoms with Gasteiger partial charge in [0.1, 0.15) is 12.1 Å². The van der Waals surface area contributed by atoms with Gasteiger partial charge in [-0.1, -0.05) is 85.2 Å². The zero-order valence-electron chi connectivity index (χ0n) is 34.1. The van der Waals surface area contributed by atoms with Gasteiger partial charge in [0, 0.05) is 34.2 Å². The third-order valence-corrected chi connectivity index (χ3v) is 11.3. The van der Waals surface area contributed by atoms with E-state index in [9.17, 15) is 24.0 Å². The fourth-order valence-electron chi connectivity index (χ4n) is 7.09. The first-order valence-electron chi connectivity index (χ1n) is 19.0. The normalized spacial score (nSPS) is 19.7. The predicted molar refractivity (Wildman–Crippen MR) is 204 cm³/mol. The Balaban J connectivity index is 2.28. The molecule has 9 atom stereocenters. The summed E-state index contributed by atoms with van der Waals surface area (Å²) >= 11 is 0. The van der Waals surface area contributed by atoms with Crippen molar-refractivity contribution < 1.29 is 38.2 Å². The van der Waals surface area contributed by atoms with Crippen molar-refractivity contribution in [2.45, 2.75) is 129 Å². The van der Waals surface area contributed by atoms with Crippen LogP contribution in [0.5, 0.6) is 0 Å². The number of hydrogen-bond acceptors (Lipinski definition) is 9. The molecule has 0 aromatic heterocycles. The van der Waals surface area contributed by atoms with Crippen LogP contribution in [0.15, 0.2) is 30.3 Å². The number of rotatable bonds is 20. The maximum atomic E-state index is 14.2. The highest BCUT2D eigenvalue weighted by atomic mass is 16.5. The van der Waals surface area contributed by atoms with Gasteiger partial charge in [-0.3, -0.25) is 19.2 Å². The monoisotopic (exact) mass is 745 g/mol. The van der Waals surface area contributed by atoms with E-state index >= 15 is 0 Å². The van der Waals surface area contributed by atoms with Crippen LogP contribution in [-0.4, -0.2) is 116 Å². The van der Waals surface area contributed by atoms with Crippen LogP contribution in [0.3, 0.4) is 0 Å². The molecule has 53 heavy (non-hydrogen) atoms. The topological polar surface area (TPSA) is 170 Å². The standard InChI is InChI=1S/C40H67N5O8/c1-13-26(6)34(44(9)37(48)33(24(2)3)43-39(50)40(8,41)25(4)5)31(51-10)23-32(46)45-21-17-20-30(45)35(52-11)27(7)36(47)42-29(38(49)53-12)22-28-18-15-14-16-19-28/h14-16,18-19,24-27,29-31,33-35H,13,17,20-23,41H2,1-12H3,(H,42,47)(H,43,50)/t26-,27?,29-,30-,31+,33-,34?,35+,40-/m0/s1. The van der Waals surface area contributed by atoms with Crippen molar-refractivity contribution in [3.63, 3.8) is 0 Å². The minimum Gasteiger partial charge on any atom is -0.467 e. The second kappa shape index (κ2) is 20.8. The van der Waals surface area contributed by atoms with Gasteiger partial charge in [-0.25, -0.2) is 4.79 Å². The van der Waals surface area contributed by atoms with Gasteiger partial charge in [0.25, 0.3) is 0 Å². The molecule has 1 aliphatic heterocycles. The van der Waals surface area contributed by atoms with Crippen LogP contribution in [0, 0.1) is 23.7 Å². The van der Waals surface area contributed by atoms with E-state index in [2.05, 4.69) is 10.6 Å². The van der Waals surface area contributed by atoms with Gasteiger partial charge >= 0.3 is 5.97 Å². The van der Waals surface area contributed by atoms with Crippen molar-refractivity contribution in [3.8, 4) is 0 Å². The van der Waals surface area contributed by atoms with Crippen molar-refractivity contribution in [3.05, 3.63) is 35.9 Å². The van der Waals surface area contributed by atoms with Crippen LogP contribution < -0.4 is 16.4 Å². The lowest BCUT2D eigenvalue weighted by Gasteiger charge is -2.41. The fraction of sp³-hybridized carbons (Fsp3) is 0.725. The molecule has 2 unspecified atom stereocenters. The van der Waals surface area contributed by atoms with Crippen LogP contribution >= 0.6 is 0 Å². The highest BCUT2D eigenvalue weighted by Gasteiger charge is 2.44. The number of carbonyl (C=O) groups is 5. The first-order chi connectivity index (χ1) is 24.9. The highest BCUT2D eigenvalue weighted by Crippen LogP contribution is 2.30. The third kappa shape index (κ3) is 11.7. The number of hydrogen-bond donors (Lipinski definition) is 3. The molecular weight excluding hydrogens is 678 g/mol. The van der Waals surface area contributed by atoms with Crippen molar-refractivity contribution >= 4 is 29.6 Å². The summed E-state index contributed by atoms with van der Waals surface area (Å²) in [7, 11) is 6.04. The molecule has 0 saturated carbocycles. The second-order valence-electron chi connectivity index (χ2n) is 15.5. The van der Waals surface area contributed by atoms with E-state index in [-0.39, 0.29) is 48.3 Å². The quantitative estimate of drug-likeness (QED) is 0.170. The highest BCUT2D eigenvalue weighted by molar-refractivity contribution is 5.92. The molecule has 13 heteroatoms. The minimum absolute atomic E-state index is 0.00888. The van der Waals surface area contributed by atoms with Crippen molar-refractivity contribution in [2.24, 2.45) is 29.4 Å². The van der Waals surface area contributed by atoms with Crippen LogP contribution in [0.2, 0.25) is 0 Å². The van der Waals surface area contributed by atoms with E-state index in [0.29, 0.717) is 19.4 Å². The first-order valence-corrected chi connectivity index (χ1v) is 19.0. The lowest BCUT2D eigenvalue weighted by molar-refractivity contribution is -0.149. The van der Waals surface area contributed by atoms with E-state index in [1.807, 2.05) is 71.9 Å². The van der Waals surface area contributed by atoms with Gasteiger partial charge < -0.3 is 40.4 Å². The van der Waals surface area contributed by atoms with Gasteiger partial charge in [-0.2, -0.15) is 0 Å². The molecule has 1 heterocycles. The smallest absolute Gasteiger partial charge is 0.328 e. The zero-order valence-corrected chi connectivity index (χ0v) is 34.1. The molecule has 4 N–H and O–H groups in total. The molecule has 0 radical (unpaired) electrons. The van der Waals surface area contributed by atoms with Crippen LogP contribution in [0.25, 0.3) is 0 Å². The lowest BCUT2D eigenvalue weighted by atomic mass is 9.87. The molecular formula is C40H67N5O8. The summed E-state index contributed by atoms with van der Waals surface area (Å²) in [5.41, 5.74) is 6.04. The minimum atomic E-state index is -1.17. The Morgan fingerprint density at radius 1 is 0.981 bits per heavy atom. The molecule has 1 saturated heterocycles. The molecule has 1 aromatic carbocycles. The number of benzene rings is 1. The number of ether oxygens (including phenoxy) is 3. The predicted octanol–water partition coefficient (Wildman–Crippen LogP) is 3.32. The average Bonchev–Trinajstić information content (AvgIpc) is 3.62. The van der Waals surface area contributed by atoms with Crippen LogP contribution in [0.4, 0.5) is 0 Å². The lowest BCUT2D eigenvalue weighted by Crippen LogP contribution is -2.62. The van der Waals surface area contributed by atoms with Crippen LogP contribution in [0.1, 0.15) is 86.6 Å². The van der Waals surface area contributed by atoms with Crippen LogP contribution in [-0.2, 0) is 44.6 Å². The maximum Gasteiger partial charge on any atom is 0.328 e. The Hall–Kier alpha value is -3.55. The molecule has 0 spiro atoms. The zero-order chi connectivity index (χ0) is 40.2. The maximum absolute atomic E-state index is 14.2. The summed E-state index contributed by atoms with van der Waals surface area (Å²) in [6.45, 7) is 15.4. The molecule has 13 nitrogen and oxygen atoms in total. The Bertz CT molecular complexity index is 1360. The van der Waals surface area contributed by atoms with Gasteiger partial charge in [0.2, 0.25) is 23.6 Å². The van der Waals surface area contributed by atoms with E-state index in [1.165, 1.54) is 21.3 Å². The number of nitrogens with two attached hydrogens (primary N) is 1.